The molecule has 1 aliphatic rings. The Labute approximate surface area is 163 Å². The van der Waals surface area contributed by atoms with E-state index in [0.717, 1.165) is 40.7 Å². The van der Waals surface area contributed by atoms with Crippen LogP contribution in [0.2, 0.25) is 0 Å². The molecule has 0 saturated carbocycles. The molecule has 4 nitrogen and oxygen atoms in total. The lowest BCUT2D eigenvalue weighted by Crippen LogP contribution is -2.17. The number of carbonyl (C=O) groups excluding carboxylic acids is 1. The first-order valence-electron chi connectivity index (χ1n) is 9.13. The zero-order valence-corrected chi connectivity index (χ0v) is 15.8. The van der Waals surface area contributed by atoms with Crippen molar-refractivity contribution >= 4 is 34.1 Å². The summed E-state index contributed by atoms with van der Waals surface area (Å²) < 4.78 is 0. The second-order valence-electron chi connectivity index (χ2n) is 6.52. The van der Waals surface area contributed by atoms with Gasteiger partial charge in [-0.1, -0.05) is 42.5 Å². The molecule has 1 amide bonds. The second-order valence-corrected chi connectivity index (χ2v) is 7.36. The molecule has 5 heteroatoms. The predicted molar refractivity (Wildman–Crippen MR) is 113 cm³/mol. The largest absolute Gasteiger partial charge is 0.348 e. The topological polar surface area (TPSA) is 45.2 Å². The van der Waals surface area contributed by atoms with Gasteiger partial charge < -0.3 is 10.2 Å². The zero-order chi connectivity index (χ0) is 18.5. The van der Waals surface area contributed by atoms with E-state index in [1.54, 1.807) is 17.4 Å². The summed E-state index contributed by atoms with van der Waals surface area (Å²) in [5.74, 6) is -0.146. The monoisotopic (exact) mass is 375 g/mol. The summed E-state index contributed by atoms with van der Waals surface area (Å²) in [6, 6.07) is 17.6. The summed E-state index contributed by atoms with van der Waals surface area (Å²) >= 11 is 1.68. The van der Waals surface area contributed by atoms with Crippen LogP contribution in [0.1, 0.15) is 18.4 Å². The third-order valence-electron chi connectivity index (χ3n) is 4.52. The number of nitrogens with one attached hydrogen (secondary N) is 1. The molecule has 1 N–H and O–H groups in total. The third-order valence-corrected chi connectivity index (χ3v) is 5.42. The van der Waals surface area contributed by atoms with E-state index in [4.69, 9.17) is 4.98 Å². The van der Waals surface area contributed by atoms with Crippen LogP contribution in [0.4, 0.5) is 10.8 Å². The maximum Gasteiger partial charge on any atom is 0.248 e. The van der Waals surface area contributed by atoms with E-state index >= 15 is 0 Å². The van der Waals surface area contributed by atoms with Crippen molar-refractivity contribution in [2.75, 3.05) is 23.3 Å². The van der Waals surface area contributed by atoms with E-state index in [-0.39, 0.29) is 5.91 Å². The van der Waals surface area contributed by atoms with Gasteiger partial charge in [-0.25, -0.2) is 4.98 Å². The lowest BCUT2D eigenvalue weighted by atomic mass is 10.1. The average Bonchev–Trinajstić information content (AvgIpc) is 3.39. The molecule has 2 aromatic carbocycles. The molecule has 1 aliphatic heterocycles. The first-order valence-corrected chi connectivity index (χ1v) is 10.0. The molecule has 0 atom stereocenters. The van der Waals surface area contributed by atoms with Crippen LogP contribution in [0.25, 0.3) is 17.3 Å². The normalized spacial score (nSPS) is 14.0. The van der Waals surface area contributed by atoms with Gasteiger partial charge in [0.25, 0.3) is 0 Å². The number of nitrogens with zero attached hydrogens (tertiary/aromatic N) is 2. The molecule has 3 aromatic rings. The smallest absolute Gasteiger partial charge is 0.248 e. The molecule has 1 saturated heterocycles. The molecular formula is C22H21N3OS. The van der Waals surface area contributed by atoms with E-state index in [1.807, 2.05) is 60.7 Å². The lowest BCUT2D eigenvalue weighted by molar-refractivity contribution is -0.111. The Bertz CT molecular complexity index is 943. The maximum atomic E-state index is 12.2. The third kappa shape index (κ3) is 4.44. The van der Waals surface area contributed by atoms with Gasteiger partial charge >= 0.3 is 0 Å². The molecule has 1 fully saturated rings. The molecule has 136 valence electrons. The van der Waals surface area contributed by atoms with Gasteiger partial charge in [0, 0.05) is 35.8 Å². The van der Waals surface area contributed by atoms with Crippen molar-refractivity contribution in [3.63, 3.8) is 0 Å². The number of aromatic nitrogens is 1. The number of carbonyl (C=O) groups is 1. The molecule has 0 unspecified atom stereocenters. The first-order chi connectivity index (χ1) is 13.3. The highest BCUT2D eigenvalue weighted by Crippen LogP contribution is 2.30. The van der Waals surface area contributed by atoms with Gasteiger partial charge in [-0.3, -0.25) is 4.79 Å². The van der Waals surface area contributed by atoms with Crippen molar-refractivity contribution in [3.05, 3.63) is 71.6 Å². The van der Waals surface area contributed by atoms with Crippen LogP contribution in [-0.2, 0) is 4.79 Å². The van der Waals surface area contributed by atoms with Gasteiger partial charge in [-0.05, 0) is 36.6 Å². The summed E-state index contributed by atoms with van der Waals surface area (Å²) in [4.78, 5) is 19.3. The Morgan fingerprint density at radius 1 is 1.07 bits per heavy atom. The van der Waals surface area contributed by atoms with Crippen LogP contribution in [0.5, 0.6) is 0 Å². The summed E-state index contributed by atoms with van der Waals surface area (Å²) in [6.45, 7) is 2.19. The molecule has 27 heavy (non-hydrogen) atoms. The Kier molecular flexibility index (Phi) is 5.30. The van der Waals surface area contributed by atoms with Crippen molar-refractivity contribution in [1.29, 1.82) is 0 Å². The lowest BCUT2D eigenvalue weighted by Gasteiger charge is -2.12. The summed E-state index contributed by atoms with van der Waals surface area (Å²) in [5.41, 5.74) is 3.74. The van der Waals surface area contributed by atoms with Gasteiger partial charge in [0.1, 0.15) is 0 Å². The minimum absolute atomic E-state index is 0.146. The highest BCUT2D eigenvalue weighted by molar-refractivity contribution is 7.14. The highest BCUT2D eigenvalue weighted by Gasteiger charge is 2.16. The fourth-order valence-electron chi connectivity index (χ4n) is 3.13. The molecule has 1 aromatic heterocycles. The molecular weight excluding hydrogens is 354 g/mol. The molecule has 0 bridgehead atoms. The van der Waals surface area contributed by atoms with E-state index < -0.39 is 0 Å². The number of hydrogen-bond acceptors (Lipinski definition) is 4. The highest BCUT2D eigenvalue weighted by atomic mass is 32.1. The fourth-order valence-corrected chi connectivity index (χ4v) is 4.02. The van der Waals surface area contributed by atoms with Crippen LogP contribution < -0.4 is 10.2 Å². The molecule has 4 rings (SSSR count). The molecule has 2 heterocycles. The Hall–Kier alpha value is -2.92. The van der Waals surface area contributed by atoms with Crippen molar-refractivity contribution in [3.8, 4) is 11.3 Å². The van der Waals surface area contributed by atoms with Gasteiger partial charge in [0.2, 0.25) is 5.91 Å². The molecule has 0 aliphatic carbocycles. The first kappa shape index (κ1) is 17.5. The van der Waals surface area contributed by atoms with Gasteiger partial charge in [0.15, 0.2) is 5.13 Å². The summed E-state index contributed by atoms with van der Waals surface area (Å²) in [5, 5.41) is 6.10. The van der Waals surface area contributed by atoms with E-state index in [2.05, 4.69) is 15.6 Å². The van der Waals surface area contributed by atoms with E-state index in [1.165, 1.54) is 12.8 Å². The van der Waals surface area contributed by atoms with E-state index in [9.17, 15) is 4.79 Å². The van der Waals surface area contributed by atoms with Crippen molar-refractivity contribution in [1.82, 2.24) is 4.98 Å². The van der Waals surface area contributed by atoms with Crippen molar-refractivity contribution in [2.24, 2.45) is 0 Å². The Morgan fingerprint density at radius 3 is 2.70 bits per heavy atom. The number of hydrogen-bond donors (Lipinski definition) is 1. The minimum atomic E-state index is -0.146. The van der Waals surface area contributed by atoms with Gasteiger partial charge in [0.05, 0.1) is 5.69 Å². The SMILES string of the molecule is O=C(C=Cc1ccccc1)Nc1cccc(-c2csc(N3CCCC3)n2)c1. The van der Waals surface area contributed by atoms with E-state index in [0.29, 0.717) is 0 Å². The second kappa shape index (κ2) is 8.18. The molecule has 0 spiro atoms. The van der Waals surface area contributed by atoms with Crippen LogP contribution in [0, 0.1) is 0 Å². The van der Waals surface area contributed by atoms with Gasteiger partial charge in [-0.15, -0.1) is 11.3 Å². The minimum Gasteiger partial charge on any atom is -0.348 e. The fraction of sp³-hybridized carbons (Fsp3) is 0.182. The standard InChI is InChI=1S/C22H21N3OS/c26-21(12-11-17-7-2-1-3-8-17)23-19-10-6-9-18(15-19)20-16-27-22(24-20)25-13-4-5-14-25/h1-3,6-12,15-16H,4-5,13-14H2,(H,23,26). The predicted octanol–water partition coefficient (Wildman–Crippen LogP) is 5.06. The number of benzene rings is 2. The average molecular weight is 375 g/mol. The van der Waals surface area contributed by atoms with Crippen LogP contribution in [-0.4, -0.2) is 24.0 Å². The number of thiazole rings is 1. The van der Waals surface area contributed by atoms with Gasteiger partial charge in [-0.2, -0.15) is 0 Å². The number of amides is 1. The summed E-state index contributed by atoms with van der Waals surface area (Å²) in [7, 11) is 0. The Morgan fingerprint density at radius 2 is 1.89 bits per heavy atom. The van der Waals surface area contributed by atoms with Crippen LogP contribution >= 0.6 is 11.3 Å². The van der Waals surface area contributed by atoms with Crippen LogP contribution in [0.15, 0.2) is 66.1 Å². The number of anilines is 2. The Balaban J connectivity index is 1.44. The molecule has 0 radical (unpaired) electrons. The van der Waals surface area contributed by atoms with Crippen molar-refractivity contribution in [2.45, 2.75) is 12.8 Å². The maximum absolute atomic E-state index is 12.2. The van der Waals surface area contributed by atoms with Crippen LogP contribution in [0.3, 0.4) is 0 Å². The quantitative estimate of drug-likeness (QED) is 0.634. The number of rotatable bonds is 5. The zero-order valence-electron chi connectivity index (χ0n) is 15.0. The van der Waals surface area contributed by atoms with Crippen molar-refractivity contribution < 1.29 is 4.79 Å². The summed E-state index contributed by atoms with van der Waals surface area (Å²) in [6.07, 6.45) is 5.85.